The molecule has 0 aliphatic carbocycles. The second-order valence-corrected chi connectivity index (χ2v) is 7.44. The van der Waals surface area contributed by atoms with Crippen LogP contribution in [0, 0.1) is 17.1 Å². The van der Waals surface area contributed by atoms with Crippen LogP contribution in [0.4, 0.5) is 23.7 Å². The lowest BCUT2D eigenvalue weighted by molar-refractivity contribution is 0.0561. The number of anilines is 1. The summed E-state index contributed by atoms with van der Waals surface area (Å²) in [5.41, 5.74) is -1.47. The van der Waals surface area contributed by atoms with E-state index in [2.05, 4.69) is 25.7 Å². The van der Waals surface area contributed by atoms with E-state index in [1.54, 1.807) is 0 Å². The lowest BCUT2D eigenvalue weighted by atomic mass is 9.90. The van der Waals surface area contributed by atoms with Crippen LogP contribution in [0.5, 0.6) is 0 Å². The Morgan fingerprint density at radius 1 is 1.29 bits per heavy atom. The van der Waals surface area contributed by atoms with Gasteiger partial charge in [-0.3, -0.25) is 15.1 Å². The molecule has 2 aromatic heterocycles. The summed E-state index contributed by atoms with van der Waals surface area (Å²) in [6, 6.07) is 6.66. The van der Waals surface area contributed by atoms with E-state index in [0.717, 1.165) is 18.3 Å². The molecule has 1 atom stereocenters. The molecule has 0 bridgehead atoms. The third-order valence-electron chi connectivity index (χ3n) is 5.08. The van der Waals surface area contributed by atoms with Gasteiger partial charge in [0.15, 0.2) is 17.4 Å². The van der Waals surface area contributed by atoms with Crippen molar-refractivity contribution in [3.05, 3.63) is 65.3 Å². The molecule has 14 heteroatoms. The molecule has 0 saturated carbocycles. The molecule has 3 aromatic rings. The highest BCUT2D eigenvalue weighted by molar-refractivity contribution is 6.05. The number of benzene rings is 1. The van der Waals surface area contributed by atoms with Crippen molar-refractivity contribution in [2.45, 2.75) is 25.6 Å². The van der Waals surface area contributed by atoms with Gasteiger partial charge in [-0.25, -0.2) is 18.9 Å². The summed E-state index contributed by atoms with van der Waals surface area (Å²) in [5, 5.41) is 26.6. The molecule has 0 spiro atoms. The van der Waals surface area contributed by atoms with Crippen molar-refractivity contribution < 1.29 is 27.9 Å². The van der Waals surface area contributed by atoms with Gasteiger partial charge in [0.2, 0.25) is 0 Å². The first-order valence-corrected chi connectivity index (χ1v) is 9.62. The molecule has 3 N–H and O–H groups in total. The second kappa shape index (κ2) is 8.35. The molecule has 2 amide bonds. The molecule has 0 saturated heterocycles. The molecule has 4 rings (SSSR count). The predicted octanol–water partition coefficient (Wildman–Crippen LogP) is 2.68. The van der Waals surface area contributed by atoms with Crippen LogP contribution in [0.1, 0.15) is 41.0 Å². The van der Waals surface area contributed by atoms with Gasteiger partial charge in [-0.1, -0.05) is 0 Å². The molecular weight excluding hydrogens is 457 g/mol. The molecule has 1 aromatic carbocycles. The molecule has 34 heavy (non-hydrogen) atoms. The number of hydrogen-bond acceptors (Lipinski definition) is 6. The molecule has 3 heterocycles. The monoisotopic (exact) mass is 472 g/mol. The van der Waals surface area contributed by atoms with Gasteiger partial charge >= 0.3 is 12.6 Å². The number of nitrogens with zero attached hydrogens (tertiary/aromatic N) is 6. The van der Waals surface area contributed by atoms with Gasteiger partial charge in [0, 0.05) is 17.4 Å². The van der Waals surface area contributed by atoms with Crippen LogP contribution in [-0.4, -0.2) is 42.3 Å². The molecule has 1 unspecified atom stereocenters. The number of fused-ring (bicyclic) bond motifs is 1. The first-order valence-electron chi connectivity index (χ1n) is 9.62. The number of halogens is 3. The number of carbonyl (C=O) groups is 2. The lowest BCUT2D eigenvalue weighted by Gasteiger charge is -2.32. The second-order valence-electron chi connectivity index (χ2n) is 7.44. The third-order valence-corrected chi connectivity index (χ3v) is 5.08. The van der Waals surface area contributed by atoms with E-state index < -0.39 is 29.9 Å². The van der Waals surface area contributed by atoms with Crippen LogP contribution in [0.15, 0.2) is 41.7 Å². The summed E-state index contributed by atoms with van der Waals surface area (Å²) >= 11 is 0. The van der Waals surface area contributed by atoms with Crippen molar-refractivity contribution in [3.63, 3.8) is 0 Å². The van der Waals surface area contributed by atoms with Gasteiger partial charge < -0.3 is 15.0 Å². The Morgan fingerprint density at radius 3 is 2.71 bits per heavy atom. The summed E-state index contributed by atoms with van der Waals surface area (Å²) in [7, 11) is 0. The number of carbonyl (C=O) groups excluding carboxylic acids is 1. The number of aliphatic imine (C=N–C) groups is 1. The van der Waals surface area contributed by atoms with Crippen molar-refractivity contribution in [1.29, 1.82) is 5.26 Å². The molecule has 1 aliphatic rings. The number of amides is 2. The Morgan fingerprint density at radius 2 is 2.06 bits per heavy atom. The number of imidazole rings is 1. The van der Waals surface area contributed by atoms with Gasteiger partial charge in [-0.2, -0.15) is 19.1 Å². The lowest BCUT2D eigenvalue weighted by Crippen LogP contribution is -2.42. The minimum atomic E-state index is -2.91. The van der Waals surface area contributed by atoms with E-state index in [4.69, 9.17) is 5.11 Å². The number of aromatic nitrogens is 4. The molecule has 174 valence electrons. The van der Waals surface area contributed by atoms with Gasteiger partial charge in [0.05, 0.1) is 12.7 Å². The number of carboxylic acid groups (broad SMARTS) is 1. The SMILES string of the molecule is CC1(c2cc(NC(=O)c3ccn(C(F)F)n3)ccc2F)Cn2c(C#N)cnc2C(NC(=O)O)=N1. The molecule has 11 nitrogen and oxygen atoms in total. The number of amidine groups is 1. The van der Waals surface area contributed by atoms with Crippen molar-refractivity contribution in [1.82, 2.24) is 24.6 Å². The number of hydrogen-bond donors (Lipinski definition) is 3. The van der Waals surface area contributed by atoms with Crippen molar-refractivity contribution in [3.8, 4) is 6.07 Å². The maximum Gasteiger partial charge on any atom is 0.410 e. The smallest absolute Gasteiger partial charge is 0.410 e. The van der Waals surface area contributed by atoms with E-state index in [-0.39, 0.29) is 40.8 Å². The zero-order chi connectivity index (χ0) is 24.6. The highest BCUT2D eigenvalue weighted by Gasteiger charge is 2.37. The van der Waals surface area contributed by atoms with Crippen LogP contribution >= 0.6 is 0 Å². The summed E-state index contributed by atoms with van der Waals surface area (Å²) in [4.78, 5) is 32.0. The van der Waals surface area contributed by atoms with Crippen molar-refractivity contribution in [2.24, 2.45) is 4.99 Å². The Kier molecular flexibility index (Phi) is 5.53. The minimum Gasteiger partial charge on any atom is -0.465 e. The van der Waals surface area contributed by atoms with Crippen LogP contribution in [0.3, 0.4) is 0 Å². The fraction of sp³-hybridized carbons (Fsp3) is 0.200. The molecule has 1 aliphatic heterocycles. The Balaban J connectivity index is 1.70. The topological polar surface area (TPSA) is 150 Å². The maximum atomic E-state index is 14.9. The first kappa shape index (κ1) is 22.5. The standard InChI is InChI=1S/C20H15F3N8O3/c1-20(9-30-11(7-24)8-25-16(30)15(28-20)27-19(33)34)12-6-10(2-3-13(12)21)26-17(32)14-4-5-31(29-14)18(22)23/h2-6,8,18H,9H2,1H3,(H,26,32)(H,27,28)(H,33,34). The fourth-order valence-corrected chi connectivity index (χ4v) is 3.56. The largest absolute Gasteiger partial charge is 0.465 e. The van der Waals surface area contributed by atoms with E-state index in [9.17, 15) is 28.0 Å². The Bertz CT molecular complexity index is 1370. The van der Waals surface area contributed by atoms with E-state index in [1.165, 1.54) is 29.8 Å². The summed E-state index contributed by atoms with van der Waals surface area (Å²) in [6.45, 7) is -1.44. The first-order chi connectivity index (χ1) is 16.1. The Labute approximate surface area is 189 Å². The minimum absolute atomic E-state index is 0.0173. The normalized spacial score (nSPS) is 17.0. The number of nitriles is 1. The quantitative estimate of drug-likeness (QED) is 0.531. The van der Waals surface area contributed by atoms with Crippen molar-refractivity contribution >= 4 is 23.5 Å². The van der Waals surface area contributed by atoms with Crippen LogP contribution in [-0.2, 0) is 12.1 Å². The molecular formula is C20H15F3N8O3. The molecule has 0 radical (unpaired) electrons. The third kappa shape index (κ3) is 4.06. The van der Waals surface area contributed by atoms with E-state index >= 15 is 0 Å². The van der Waals surface area contributed by atoms with Gasteiger partial charge in [0.1, 0.15) is 23.1 Å². The van der Waals surface area contributed by atoms with Crippen molar-refractivity contribution in [2.75, 3.05) is 5.32 Å². The predicted molar refractivity (Wildman–Crippen MR) is 110 cm³/mol. The number of nitrogens with one attached hydrogen (secondary N) is 2. The number of alkyl halides is 2. The van der Waals surface area contributed by atoms with Crippen LogP contribution in [0.25, 0.3) is 0 Å². The highest BCUT2D eigenvalue weighted by Crippen LogP contribution is 2.35. The Hall–Kier alpha value is -4.67. The average molecular weight is 472 g/mol. The fourth-order valence-electron chi connectivity index (χ4n) is 3.56. The zero-order valence-electron chi connectivity index (χ0n) is 17.3. The highest BCUT2D eigenvalue weighted by atomic mass is 19.3. The van der Waals surface area contributed by atoms with E-state index in [1.807, 2.05) is 6.07 Å². The van der Waals surface area contributed by atoms with Gasteiger partial charge in [-0.15, -0.1) is 0 Å². The summed E-state index contributed by atoms with van der Waals surface area (Å²) in [6.07, 6.45) is 0.756. The maximum absolute atomic E-state index is 14.9. The zero-order valence-corrected chi connectivity index (χ0v) is 17.3. The van der Waals surface area contributed by atoms with Gasteiger partial charge in [-0.05, 0) is 31.2 Å². The summed E-state index contributed by atoms with van der Waals surface area (Å²) < 4.78 is 42.1. The molecule has 0 fully saturated rings. The van der Waals surface area contributed by atoms with Crippen LogP contribution < -0.4 is 10.6 Å². The average Bonchev–Trinajstić information content (AvgIpc) is 3.42. The van der Waals surface area contributed by atoms with E-state index in [0.29, 0.717) is 4.68 Å². The number of rotatable bonds is 4. The summed E-state index contributed by atoms with van der Waals surface area (Å²) in [5.74, 6) is -1.60. The van der Waals surface area contributed by atoms with Crippen LogP contribution in [0.2, 0.25) is 0 Å². The van der Waals surface area contributed by atoms with Gasteiger partial charge in [0.25, 0.3) is 5.91 Å².